The Hall–Kier alpha value is -4.22. The van der Waals surface area contributed by atoms with Gasteiger partial charge in [-0.05, 0) is 109 Å². The lowest BCUT2D eigenvalue weighted by Gasteiger charge is -2.15. The quantitative estimate of drug-likeness (QED) is 0.0390. The number of unbranched alkanes of at least 4 members (excludes halogenated alkanes) is 4. The largest absolute Gasteiger partial charge is 0.462 e. The Labute approximate surface area is 342 Å². The van der Waals surface area contributed by atoms with E-state index in [1.54, 1.807) is 0 Å². The van der Waals surface area contributed by atoms with Crippen molar-refractivity contribution in [3.63, 3.8) is 0 Å². The molecule has 0 saturated carbocycles. The Morgan fingerprint density at radius 2 is 0.732 bits per heavy atom. The Bertz CT molecular complexity index is 1280. The van der Waals surface area contributed by atoms with Gasteiger partial charge < -0.3 is 14.6 Å². The molecule has 0 aliphatic heterocycles. The molecule has 0 aliphatic carbocycles. The van der Waals surface area contributed by atoms with Gasteiger partial charge in [0, 0.05) is 12.8 Å². The van der Waals surface area contributed by atoms with E-state index >= 15 is 0 Å². The second-order valence-electron chi connectivity index (χ2n) is 13.3. The number of carbonyl (C=O) groups is 2. The zero-order chi connectivity index (χ0) is 40.7. The predicted molar refractivity (Wildman–Crippen MR) is 241 cm³/mol. The minimum absolute atomic E-state index is 0.116. The summed E-state index contributed by atoms with van der Waals surface area (Å²) in [6.07, 6.45) is 69.2. The second kappa shape index (κ2) is 45.2. The van der Waals surface area contributed by atoms with Gasteiger partial charge >= 0.3 is 11.9 Å². The van der Waals surface area contributed by atoms with Crippen molar-refractivity contribution >= 4 is 11.9 Å². The number of carbonyl (C=O) groups excluding carboxylic acids is 2. The van der Waals surface area contributed by atoms with Crippen LogP contribution in [0.25, 0.3) is 0 Å². The van der Waals surface area contributed by atoms with Gasteiger partial charge in [-0.25, -0.2) is 0 Å². The van der Waals surface area contributed by atoms with Crippen LogP contribution in [0.1, 0.15) is 142 Å². The molecule has 0 saturated heterocycles. The lowest BCUT2D eigenvalue weighted by atomic mass is 10.1. The molecular formula is C51H76O5. The summed E-state index contributed by atoms with van der Waals surface area (Å²) in [4.78, 5) is 24.2. The first-order valence-electron chi connectivity index (χ1n) is 21.4. The van der Waals surface area contributed by atoms with E-state index in [-0.39, 0.29) is 31.6 Å². The van der Waals surface area contributed by atoms with E-state index in [1.807, 2.05) is 0 Å². The van der Waals surface area contributed by atoms with Crippen molar-refractivity contribution in [2.45, 2.75) is 148 Å². The van der Waals surface area contributed by atoms with Crippen LogP contribution >= 0.6 is 0 Å². The summed E-state index contributed by atoms with van der Waals surface area (Å²) in [7, 11) is 0. The maximum Gasteiger partial charge on any atom is 0.306 e. The molecule has 0 heterocycles. The van der Waals surface area contributed by atoms with Crippen LogP contribution in [0.2, 0.25) is 0 Å². The van der Waals surface area contributed by atoms with Gasteiger partial charge in [0.05, 0.1) is 6.61 Å². The van der Waals surface area contributed by atoms with Gasteiger partial charge in [0.15, 0.2) is 6.10 Å². The fourth-order valence-electron chi connectivity index (χ4n) is 4.98. The molecule has 0 spiro atoms. The molecule has 0 amide bonds. The summed E-state index contributed by atoms with van der Waals surface area (Å²) in [6, 6.07) is 0. The molecule has 1 unspecified atom stereocenters. The lowest BCUT2D eigenvalue weighted by Crippen LogP contribution is -2.28. The van der Waals surface area contributed by atoms with Gasteiger partial charge in [0.2, 0.25) is 0 Å². The summed E-state index contributed by atoms with van der Waals surface area (Å²) < 4.78 is 10.5. The van der Waals surface area contributed by atoms with Gasteiger partial charge in [0.25, 0.3) is 0 Å². The molecule has 5 heteroatoms. The van der Waals surface area contributed by atoms with Gasteiger partial charge in [-0.2, -0.15) is 0 Å². The molecule has 0 fully saturated rings. The number of hydrogen-bond donors (Lipinski definition) is 1. The Kier molecular flexibility index (Phi) is 41.8. The number of allylic oxidation sites excluding steroid dienone is 24. The first kappa shape index (κ1) is 51.8. The highest BCUT2D eigenvalue weighted by Crippen LogP contribution is 2.08. The number of aliphatic hydroxyl groups excluding tert-OH is 1. The van der Waals surface area contributed by atoms with E-state index in [4.69, 9.17) is 9.47 Å². The lowest BCUT2D eigenvalue weighted by molar-refractivity contribution is -0.161. The molecule has 0 bridgehead atoms. The Morgan fingerprint density at radius 3 is 1.09 bits per heavy atom. The highest BCUT2D eigenvalue weighted by atomic mass is 16.6. The molecule has 0 aromatic carbocycles. The fourth-order valence-corrected chi connectivity index (χ4v) is 4.98. The number of esters is 2. The zero-order valence-corrected chi connectivity index (χ0v) is 35.1. The van der Waals surface area contributed by atoms with Crippen LogP contribution in [0.3, 0.4) is 0 Å². The van der Waals surface area contributed by atoms with Crippen LogP contribution in [0.4, 0.5) is 0 Å². The van der Waals surface area contributed by atoms with Crippen molar-refractivity contribution in [1.82, 2.24) is 0 Å². The van der Waals surface area contributed by atoms with E-state index in [2.05, 4.69) is 160 Å². The molecule has 5 nitrogen and oxygen atoms in total. The third kappa shape index (κ3) is 42.5. The standard InChI is InChI=1S/C51H76O5/c1-3-5-7-9-11-13-15-17-18-19-20-21-22-23-24-25-26-27-28-29-30-31-32-34-36-38-40-42-44-46-51(54)56-49(47-52)48-55-50(53)45-43-41-39-37-35-33-16-14-12-10-8-6-4-2/h5-8,11-14,17-18,20-21,23-24,26-27,29-30,32-35,38,40,49,52H,3-4,9-10,15-16,19,22,25,28,31,36-37,39,41-48H2,1-2H3/b7-5-,8-6-,13-11-,14-12-,18-17-,21-20-,24-23-,27-26-,30-29-,34-32-,35-33-,40-38-. The van der Waals surface area contributed by atoms with Gasteiger partial charge in [-0.3, -0.25) is 9.59 Å². The maximum atomic E-state index is 12.2. The third-order valence-electron chi connectivity index (χ3n) is 8.13. The Balaban J connectivity index is 3.78. The molecule has 1 N–H and O–H groups in total. The first-order chi connectivity index (χ1) is 27.6. The van der Waals surface area contributed by atoms with Crippen LogP contribution < -0.4 is 0 Å². The maximum absolute atomic E-state index is 12.2. The number of hydrogen-bond acceptors (Lipinski definition) is 5. The minimum Gasteiger partial charge on any atom is -0.462 e. The molecule has 0 rings (SSSR count). The highest BCUT2D eigenvalue weighted by molar-refractivity contribution is 5.70. The van der Waals surface area contributed by atoms with Gasteiger partial charge in [-0.1, -0.05) is 166 Å². The van der Waals surface area contributed by atoms with Crippen LogP contribution in [-0.4, -0.2) is 36.4 Å². The van der Waals surface area contributed by atoms with Crippen molar-refractivity contribution in [2.24, 2.45) is 0 Å². The molecular weight excluding hydrogens is 693 g/mol. The molecule has 1 atom stereocenters. The molecule has 0 radical (unpaired) electrons. The summed E-state index contributed by atoms with van der Waals surface area (Å²) in [5.74, 6) is -0.713. The van der Waals surface area contributed by atoms with Gasteiger partial charge in [-0.15, -0.1) is 0 Å². The third-order valence-corrected chi connectivity index (χ3v) is 8.13. The Morgan fingerprint density at radius 1 is 0.411 bits per heavy atom. The number of aliphatic hydroxyl groups is 1. The number of rotatable bonds is 36. The van der Waals surface area contributed by atoms with Gasteiger partial charge in [0.1, 0.15) is 6.61 Å². The van der Waals surface area contributed by atoms with Crippen LogP contribution in [-0.2, 0) is 19.1 Å². The van der Waals surface area contributed by atoms with Crippen LogP contribution in [0.5, 0.6) is 0 Å². The highest BCUT2D eigenvalue weighted by Gasteiger charge is 2.15. The molecule has 0 aromatic heterocycles. The summed E-state index contributed by atoms with van der Waals surface area (Å²) in [6.45, 7) is 3.80. The number of ether oxygens (including phenoxy) is 2. The zero-order valence-electron chi connectivity index (χ0n) is 35.1. The molecule has 56 heavy (non-hydrogen) atoms. The first-order valence-corrected chi connectivity index (χ1v) is 21.4. The molecule has 0 aliphatic rings. The monoisotopic (exact) mass is 769 g/mol. The van der Waals surface area contributed by atoms with E-state index in [9.17, 15) is 14.7 Å². The van der Waals surface area contributed by atoms with Crippen molar-refractivity contribution < 1.29 is 24.2 Å². The van der Waals surface area contributed by atoms with Crippen LogP contribution in [0.15, 0.2) is 146 Å². The van der Waals surface area contributed by atoms with Crippen molar-refractivity contribution in [2.75, 3.05) is 13.2 Å². The fraction of sp³-hybridized carbons (Fsp3) is 0.490. The van der Waals surface area contributed by atoms with Crippen molar-refractivity contribution in [1.29, 1.82) is 0 Å². The second-order valence-corrected chi connectivity index (χ2v) is 13.3. The molecule has 310 valence electrons. The normalized spacial score (nSPS) is 13.7. The van der Waals surface area contributed by atoms with E-state index in [0.717, 1.165) is 109 Å². The summed E-state index contributed by atoms with van der Waals surface area (Å²) >= 11 is 0. The van der Waals surface area contributed by atoms with E-state index in [0.29, 0.717) is 12.8 Å². The smallest absolute Gasteiger partial charge is 0.306 e. The molecule has 0 aromatic rings. The van der Waals surface area contributed by atoms with E-state index in [1.165, 1.54) is 0 Å². The summed E-state index contributed by atoms with van der Waals surface area (Å²) in [5, 5.41) is 9.55. The predicted octanol–water partition coefficient (Wildman–Crippen LogP) is 13.9. The summed E-state index contributed by atoms with van der Waals surface area (Å²) in [5.41, 5.74) is 0. The SMILES string of the molecule is CC/C=C\C/C=C\C/C=C\C/C=C\C/C=C\C/C=C\C/C=C\C/C=C\C/C=C\CCCC(=O)OC(CO)COC(=O)CCCCC/C=C\C/C=C\C/C=C\CC. The van der Waals surface area contributed by atoms with Crippen LogP contribution in [0, 0.1) is 0 Å². The minimum atomic E-state index is -0.825. The average Bonchev–Trinajstić information content (AvgIpc) is 3.20. The van der Waals surface area contributed by atoms with Crippen molar-refractivity contribution in [3.8, 4) is 0 Å². The topological polar surface area (TPSA) is 72.8 Å². The average molecular weight is 769 g/mol. The van der Waals surface area contributed by atoms with E-state index < -0.39 is 6.10 Å². The van der Waals surface area contributed by atoms with Crippen molar-refractivity contribution in [3.05, 3.63) is 146 Å².